The van der Waals surface area contributed by atoms with E-state index in [4.69, 9.17) is 4.74 Å². The van der Waals surface area contributed by atoms with Crippen molar-refractivity contribution in [3.8, 4) is 0 Å². The van der Waals surface area contributed by atoms with Crippen LogP contribution in [0.5, 0.6) is 0 Å². The van der Waals surface area contributed by atoms with Crippen LogP contribution in [0, 0.1) is 5.92 Å². The van der Waals surface area contributed by atoms with Crippen LogP contribution in [-0.4, -0.2) is 41.3 Å². The van der Waals surface area contributed by atoms with E-state index in [9.17, 15) is 14.4 Å². The summed E-state index contributed by atoms with van der Waals surface area (Å²) in [5.41, 5.74) is 0.538. The topological polar surface area (TPSA) is 63.7 Å². The van der Waals surface area contributed by atoms with Gasteiger partial charge in [0.05, 0.1) is 13.0 Å². The molecular formula is C20H27NO4. The fourth-order valence-corrected chi connectivity index (χ4v) is 3.46. The number of amides is 1. The highest BCUT2D eigenvalue weighted by Crippen LogP contribution is 2.37. The number of carbonyl (C=O) groups is 3. The predicted octanol–water partition coefficient (Wildman–Crippen LogP) is 2.94. The number of benzene rings is 1. The molecule has 0 aliphatic carbocycles. The van der Waals surface area contributed by atoms with Gasteiger partial charge in [0.15, 0.2) is 0 Å². The number of hydrogen-bond acceptors (Lipinski definition) is 4. The fourth-order valence-electron chi connectivity index (χ4n) is 3.46. The molecule has 1 saturated heterocycles. The first-order chi connectivity index (χ1) is 11.7. The molecule has 0 spiro atoms. The van der Waals surface area contributed by atoms with Gasteiger partial charge in [-0.25, -0.2) is 0 Å². The zero-order valence-electron chi connectivity index (χ0n) is 15.4. The van der Waals surface area contributed by atoms with Crippen molar-refractivity contribution in [1.29, 1.82) is 0 Å². The highest BCUT2D eigenvalue weighted by molar-refractivity contribution is 5.86. The number of aldehydes is 1. The third kappa shape index (κ3) is 4.91. The molecule has 25 heavy (non-hydrogen) atoms. The SMILES string of the molecule is CC1C(c2ccccc2)CC(CC(=O)OC(C)(C)C)C(=O)N1CC=O. The summed E-state index contributed by atoms with van der Waals surface area (Å²) in [6.07, 6.45) is 1.37. The molecule has 2 rings (SSSR count). The summed E-state index contributed by atoms with van der Waals surface area (Å²) in [6, 6.07) is 9.84. The maximum absolute atomic E-state index is 12.8. The van der Waals surface area contributed by atoms with Crippen LogP contribution >= 0.6 is 0 Å². The first-order valence-corrected chi connectivity index (χ1v) is 8.74. The fraction of sp³-hybridized carbons (Fsp3) is 0.550. The average Bonchev–Trinajstić information content (AvgIpc) is 2.53. The van der Waals surface area contributed by atoms with Gasteiger partial charge in [-0.1, -0.05) is 30.3 Å². The number of carbonyl (C=O) groups excluding carboxylic acids is 3. The molecule has 0 saturated carbocycles. The number of hydrogen-bond donors (Lipinski definition) is 0. The van der Waals surface area contributed by atoms with Crippen molar-refractivity contribution in [2.75, 3.05) is 6.54 Å². The number of esters is 1. The van der Waals surface area contributed by atoms with Gasteiger partial charge in [0, 0.05) is 17.9 Å². The Morgan fingerprint density at radius 2 is 1.92 bits per heavy atom. The molecule has 5 nitrogen and oxygen atoms in total. The Morgan fingerprint density at radius 3 is 2.48 bits per heavy atom. The maximum Gasteiger partial charge on any atom is 0.307 e. The first-order valence-electron chi connectivity index (χ1n) is 8.74. The van der Waals surface area contributed by atoms with E-state index >= 15 is 0 Å². The predicted molar refractivity (Wildman–Crippen MR) is 95.0 cm³/mol. The Bertz CT molecular complexity index is 620. The standard InChI is InChI=1S/C20H27NO4/c1-14-17(15-8-6-5-7-9-15)12-16(19(24)21(14)10-11-22)13-18(23)25-20(2,3)4/h5-9,11,14,16-17H,10,12-13H2,1-4H3. The summed E-state index contributed by atoms with van der Waals surface area (Å²) < 4.78 is 5.37. The lowest BCUT2D eigenvalue weighted by atomic mass is 9.78. The van der Waals surface area contributed by atoms with Crippen LogP contribution in [0.25, 0.3) is 0 Å². The van der Waals surface area contributed by atoms with Crippen molar-refractivity contribution >= 4 is 18.2 Å². The number of likely N-dealkylation sites (tertiary alicyclic amines) is 1. The molecule has 5 heteroatoms. The van der Waals surface area contributed by atoms with Crippen LogP contribution in [0.3, 0.4) is 0 Å². The van der Waals surface area contributed by atoms with Gasteiger partial charge in [-0.2, -0.15) is 0 Å². The van der Waals surface area contributed by atoms with Gasteiger partial charge < -0.3 is 14.4 Å². The number of rotatable bonds is 5. The van der Waals surface area contributed by atoms with Crippen molar-refractivity contribution in [3.63, 3.8) is 0 Å². The van der Waals surface area contributed by atoms with E-state index in [-0.39, 0.29) is 36.8 Å². The number of nitrogens with zero attached hydrogens (tertiary/aromatic N) is 1. The van der Waals surface area contributed by atoms with Crippen LogP contribution in [0.2, 0.25) is 0 Å². The molecule has 1 aromatic rings. The Morgan fingerprint density at radius 1 is 1.28 bits per heavy atom. The van der Waals surface area contributed by atoms with Gasteiger partial charge in [-0.05, 0) is 39.7 Å². The first kappa shape index (κ1) is 19.2. The van der Waals surface area contributed by atoms with E-state index in [1.807, 2.05) is 37.3 Å². The second kappa shape index (κ2) is 7.81. The summed E-state index contributed by atoms with van der Waals surface area (Å²) in [4.78, 5) is 37.6. The van der Waals surface area contributed by atoms with E-state index in [0.717, 1.165) is 11.8 Å². The van der Waals surface area contributed by atoms with Gasteiger partial charge in [-0.15, -0.1) is 0 Å². The molecule has 1 amide bonds. The molecule has 0 aromatic heterocycles. The third-order valence-electron chi connectivity index (χ3n) is 4.58. The van der Waals surface area contributed by atoms with Crippen molar-refractivity contribution < 1.29 is 19.1 Å². The molecule has 1 heterocycles. The van der Waals surface area contributed by atoms with Crippen LogP contribution in [0.1, 0.15) is 52.0 Å². The number of ether oxygens (including phenoxy) is 1. The molecule has 136 valence electrons. The molecule has 3 unspecified atom stereocenters. The smallest absolute Gasteiger partial charge is 0.307 e. The van der Waals surface area contributed by atoms with Crippen molar-refractivity contribution in [2.45, 2.75) is 58.1 Å². The van der Waals surface area contributed by atoms with Gasteiger partial charge in [-0.3, -0.25) is 9.59 Å². The lowest BCUT2D eigenvalue weighted by Crippen LogP contribution is -2.51. The largest absolute Gasteiger partial charge is 0.460 e. The molecule has 3 atom stereocenters. The number of piperidine rings is 1. The minimum absolute atomic E-state index is 0.0432. The molecule has 0 bridgehead atoms. The maximum atomic E-state index is 12.8. The van der Waals surface area contributed by atoms with Gasteiger partial charge in [0.1, 0.15) is 11.9 Å². The highest BCUT2D eigenvalue weighted by atomic mass is 16.6. The Labute approximate surface area is 149 Å². The zero-order valence-corrected chi connectivity index (χ0v) is 15.4. The van der Waals surface area contributed by atoms with Crippen molar-refractivity contribution in [1.82, 2.24) is 4.90 Å². The Kier molecular flexibility index (Phi) is 5.98. The lowest BCUT2D eigenvalue weighted by Gasteiger charge is -2.42. The molecule has 0 radical (unpaired) electrons. The average molecular weight is 345 g/mol. The Hall–Kier alpha value is -2.17. The zero-order chi connectivity index (χ0) is 18.6. The summed E-state index contributed by atoms with van der Waals surface area (Å²) in [5, 5.41) is 0. The summed E-state index contributed by atoms with van der Waals surface area (Å²) in [6.45, 7) is 7.43. The van der Waals surface area contributed by atoms with Gasteiger partial charge in [0.25, 0.3) is 0 Å². The second-order valence-electron chi connectivity index (χ2n) is 7.64. The minimum Gasteiger partial charge on any atom is -0.460 e. The molecule has 0 N–H and O–H groups in total. The summed E-state index contributed by atoms with van der Waals surface area (Å²) >= 11 is 0. The van der Waals surface area contributed by atoms with Crippen LogP contribution in [-0.2, 0) is 19.1 Å². The Balaban J connectivity index is 2.22. The second-order valence-corrected chi connectivity index (χ2v) is 7.64. The third-order valence-corrected chi connectivity index (χ3v) is 4.58. The van der Waals surface area contributed by atoms with E-state index in [1.165, 1.54) is 0 Å². The molecule has 1 aromatic carbocycles. The van der Waals surface area contributed by atoms with Crippen molar-refractivity contribution in [3.05, 3.63) is 35.9 Å². The minimum atomic E-state index is -0.580. The molecule has 1 aliphatic heterocycles. The van der Waals surface area contributed by atoms with Crippen LogP contribution in [0.4, 0.5) is 0 Å². The molecule has 1 aliphatic rings. The van der Waals surface area contributed by atoms with Crippen molar-refractivity contribution in [2.24, 2.45) is 5.92 Å². The highest BCUT2D eigenvalue weighted by Gasteiger charge is 2.41. The normalized spacial score (nSPS) is 24.1. The summed E-state index contributed by atoms with van der Waals surface area (Å²) in [7, 11) is 0. The van der Waals surface area contributed by atoms with E-state index < -0.39 is 11.5 Å². The quantitative estimate of drug-likeness (QED) is 0.608. The van der Waals surface area contributed by atoms with E-state index in [1.54, 1.807) is 25.7 Å². The lowest BCUT2D eigenvalue weighted by molar-refractivity contribution is -0.160. The molecule has 1 fully saturated rings. The van der Waals surface area contributed by atoms with E-state index in [0.29, 0.717) is 6.42 Å². The van der Waals surface area contributed by atoms with Crippen LogP contribution in [0.15, 0.2) is 30.3 Å². The summed E-state index contributed by atoms with van der Waals surface area (Å²) in [5.74, 6) is -0.890. The monoisotopic (exact) mass is 345 g/mol. The van der Waals surface area contributed by atoms with E-state index in [2.05, 4.69) is 0 Å². The molecular weight excluding hydrogens is 318 g/mol. The van der Waals surface area contributed by atoms with Crippen LogP contribution < -0.4 is 0 Å². The van der Waals surface area contributed by atoms with Gasteiger partial charge in [0.2, 0.25) is 5.91 Å². The van der Waals surface area contributed by atoms with Gasteiger partial charge >= 0.3 is 5.97 Å².